The first-order valence-electron chi connectivity index (χ1n) is 9.47. The molecule has 1 aliphatic heterocycles. The minimum Gasteiger partial charge on any atom is -0.345 e. The number of carbonyl (C=O) groups excluding carboxylic acids is 1. The number of fused-ring (bicyclic) bond motifs is 1. The van der Waals surface area contributed by atoms with Crippen molar-refractivity contribution in [1.82, 2.24) is 14.3 Å². The lowest BCUT2D eigenvalue weighted by Gasteiger charge is -2.17. The van der Waals surface area contributed by atoms with E-state index >= 15 is 0 Å². The van der Waals surface area contributed by atoms with E-state index in [4.69, 9.17) is 10.0 Å². The van der Waals surface area contributed by atoms with Crippen molar-refractivity contribution >= 4 is 21.5 Å². The Morgan fingerprint density at radius 3 is 2.84 bits per heavy atom. The van der Waals surface area contributed by atoms with Gasteiger partial charge in [-0.2, -0.15) is 9.65 Å². The highest BCUT2D eigenvalue weighted by Crippen LogP contribution is 2.32. The van der Waals surface area contributed by atoms with Gasteiger partial charge in [0.05, 0.1) is 4.90 Å². The Kier molecular flexibility index (Phi) is 5.31. The summed E-state index contributed by atoms with van der Waals surface area (Å²) in [6.45, 7) is 0. The molecule has 1 aliphatic rings. The normalized spacial score (nSPS) is 20.4. The topological polar surface area (TPSA) is 124 Å². The van der Waals surface area contributed by atoms with Crippen molar-refractivity contribution in [3.63, 3.8) is 0 Å². The van der Waals surface area contributed by atoms with Crippen molar-refractivity contribution in [2.45, 2.75) is 23.8 Å². The van der Waals surface area contributed by atoms with E-state index in [0.29, 0.717) is 18.4 Å². The van der Waals surface area contributed by atoms with Crippen LogP contribution in [0.4, 0.5) is 10.1 Å². The molecule has 0 aliphatic carbocycles. The molecule has 1 aromatic carbocycles. The predicted molar refractivity (Wildman–Crippen MR) is 112 cm³/mol. The average molecular weight is 438 g/mol. The number of pyridine rings is 1. The van der Waals surface area contributed by atoms with E-state index in [0.717, 1.165) is 11.6 Å². The molecule has 0 bridgehead atoms. The summed E-state index contributed by atoms with van der Waals surface area (Å²) < 4.78 is 39.8. The minimum absolute atomic E-state index is 0.0875. The Morgan fingerprint density at radius 2 is 2.13 bits per heavy atom. The zero-order chi connectivity index (χ0) is 22.2. The number of rotatable bonds is 3. The average Bonchev–Trinajstić information content (AvgIpc) is 3.02. The van der Waals surface area contributed by atoms with Gasteiger partial charge < -0.3 is 9.88 Å². The van der Waals surface area contributed by atoms with Crippen LogP contribution < -0.4 is 10.0 Å². The van der Waals surface area contributed by atoms with Gasteiger partial charge in [-0.05, 0) is 24.5 Å². The third-order valence-corrected chi connectivity index (χ3v) is 6.72. The fourth-order valence-electron chi connectivity index (χ4n) is 3.78. The molecule has 3 aromatic rings. The molecule has 0 radical (unpaired) electrons. The van der Waals surface area contributed by atoms with Gasteiger partial charge in [0.1, 0.15) is 27.4 Å². The van der Waals surface area contributed by atoms with Gasteiger partial charge >= 0.3 is 0 Å². The fourth-order valence-corrected chi connectivity index (χ4v) is 5.42. The van der Waals surface area contributed by atoms with Gasteiger partial charge in [-0.25, -0.2) is 18.7 Å². The predicted octanol–water partition coefficient (Wildman–Crippen LogP) is 3.28. The Morgan fingerprint density at radius 1 is 1.39 bits per heavy atom. The molecule has 158 valence electrons. The number of amides is 1. The number of hydrogen-bond donors (Lipinski definition) is 3. The Bertz CT molecular complexity index is 1310. The maximum Gasteiger partial charge on any atom is 0.272 e. The Labute approximate surface area is 178 Å². The second kappa shape index (κ2) is 7.94. The van der Waals surface area contributed by atoms with E-state index in [1.165, 1.54) is 16.8 Å². The maximum atomic E-state index is 13.6. The van der Waals surface area contributed by atoms with Crippen molar-refractivity contribution in [3.8, 4) is 6.07 Å². The lowest BCUT2D eigenvalue weighted by atomic mass is 9.99. The number of nitriles is 1. The molecule has 8 nitrogen and oxygen atoms in total. The zero-order valence-electron chi connectivity index (χ0n) is 16.6. The van der Waals surface area contributed by atoms with E-state index in [1.807, 2.05) is 30.3 Å². The smallest absolute Gasteiger partial charge is 0.272 e. The SMILES string of the molecule is Cn1cc2c(c1C(=O)Nc1cc(F)nc(C#N)c1)CC[C@H](c1ccccc1)NS2(=N)=O. The number of nitrogens with zero attached hydrogens (tertiary/aromatic N) is 3. The van der Waals surface area contributed by atoms with E-state index in [-0.39, 0.29) is 28.0 Å². The van der Waals surface area contributed by atoms with Crippen molar-refractivity contribution < 1.29 is 13.4 Å². The van der Waals surface area contributed by atoms with Crippen LogP contribution in [0.1, 0.15) is 39.8 Å². The number of aromatic nitrogens is 2. The van der Waals surface area contributed by atoms with Crippen LogP contribution in [0.3, 0.4) is 0 Å². The standard InChI is InChI=1S/C21H19FN6O2S/c1-28-12-18-16(7-8-17(27-31(18,24)30)13-5-3-2-4-6-13)20(28)21(29)26-14-9-15(11-23)25-19(22)10-14/h2-6,9-10,12,17H,7-8H2,1H3,(H2,24,27,30)(H,25,26,29)/t17-,31?/m1/s1. The summed E-state index contributed by atoms with van der Waals surface area (Å²) in [5.41, 5.74) is 1.59. The quantitative estimate of drug-likeness (QED) is 0.543. The van der Waals surface area contributed by atoms with Gasteiger partial charge in [0.2, 0.25) is 5.95 Å². The summed E-state index contributed by atoms with van der Waals surface area (Å²) in [5.74, 6) is -1.43. The molecular weight excluding hydrogens is 419 g/mol. The second-order valence-corrected chi connectivity index (χ2v) is 9.03. The third kappa shape index (κ3) is 4.05. The van der Waals surface area contributed by atoms with Crippen molar-refractivity contribution in [1.29, 1.82) is 10.0 Å². The van der Waals surface area contributed by atoms with E-state index in [1.54, 1.807) is 13.1 Å². The molecular formula is C21H19FN6O2S. The lowest BCUT2D eigenvalue weighted by molar-refractivity contribution is 0.101. The molecule has 3 N–H and O–H groups in total. The Balaban J connectivity index is 1.69. The Hall–Kier alpha value is -3.55. The molecule has 1 amide bonds. The minimum atomic E-state index is -3.37. The number of aryl methyl sites for hydroxylation is 1. The molecule has 0 spiro atoms. The van der Waals surface area contributed by atoms with Crippen LogP contribution in [0.5, 0.6) is 0 Å². The number of carbonyl (C=O) groups is 1. The highest BCUT2D eigenvalue weighted by molar-refractivity contribution is 7.90. The lowest BCUT2D eigenvalue weighted by Crippen LogP contribution is -2.26. The van der Waals surface area contributed by atoms with Crippen LogP contribution in [-0.2, 0) is 23.4 Å². The van der Waals surface area contributed by atoms with Gasteiger partial charge in [-0.3, -0.25) is 4.79 Å². The molecule has 0 fully saturated rings. The number of halogens is 1. The highest BCUT2D eigenvalue weighted by atomic mass is 32.2. The molecule has 10 heteroatoms. The number of benzene rings is 1. The first-order chi connectivity index (χ1) is 14.8. The van der Waals surface area contributed by atoms with E-state index < -0.39 is 21.8 Å². The first kappa shape index (κ1) is 20.7. The van der Waals surface area contributed by atoms with Crippen LogP contribution >= 0.6 is 0 Å². The molecule has 31 heavy (non-hydrogen) atoms. The van der Waals surface area contributed by atoms with Crippen molar-refractivity contribution in [3.05, 3.63) is 77.1 Å². The molecule has 1 unspecified atom stereocenters. The molecule has 2 atom stereocenters. The third-order valence-electron chi connectivity index (χ3n) is 5.13. The van der Waals surface area contributed by atoms with Crippen molar-refractivity contribution in [2.75, 3.05) is 5.32 Å². The molecule has 0 saturated heterocycles. The molecule has 2 aromatic heterocycles. The largest absolute Gasteiger partial charge is 0.345 e. The van der Waals surface area contributed by atoms with E-state index in [2.05, 4.69) is 15.0 Å². The van der Waals surface area contributed by atoms with Crippen LogP contribution in [-0.4, -0.2) is 19.7 Å². The first-order valence-corrected chi connectivity index (χ1v) is 11.0. The summed E-state index contributed by atoms with van der Waals surface area (Å²) >= 11 is 0. The van der Waals surface area contributed by atoms with Gasteiger partial charge in [0.15, 0.2) is 0 Å². The summed E-state index contributed by atoms with van der Waals surface area (Å²) in [7, 11) is -1.74. The van der Waals surface area contributed by atoms with Gasteiger partial charge in [-0.1, -0.05) is 30.3 Å². The number of anilines is 1. The summed E-state index contributed by atoms with van der Waals surface area (Å²) in [6, 6.07) is 13.2. The van der Waals surface area contributed by atoms with E-state index in [9.17, 15) is 13.4 Å². The van der Waals surface area contributed by atoms with Crippen LogP contribution in [0, 0.1) is 22.1 Å². The zero-order valence-corrected chi connectivity index (χ0v) is 17.4. The monoisotopic (exact) mass is 438 g/mol. The molecule has 0 saturated carbocycles. The maximum absolute atomic E-state index is 13.6. The van der Waals surface area contributed by atoms with Gasteiger partial charge in [0, 0.05) is 36.6 Å². The van der Waals surface area contributed by atoms with Crippen LogP contribution in [0.25, 0.3) is 0 Å². The molecule has 3 heterocycles. The van der Waals surface area contributed by atoms with Crippen molar-refractivity contribution in [2.24, 2.45) is 7.05 Å². The highest BCUT2D eigenvalue weighted by Gasteiger charge is 2.31. The fraction of sp³-hybridized carbons (Fsp3) is 0.190. The summed E-state index contributed by atoms with van der Waals surface area (Å²) in [5, 5.41) is 11.5. The summed E-state index contributed by atoms with van der Waals surface area (Å²) in [6.07, 6.45) is 2.49. The van der Waals surface area contributed by atoms with Gasteiger partial charge in [-0.15, -0.1) is 0 Å². The van der Waals surface area contributed by atoms with Crippen LogP contribution in [0.15, 0.2) is 53.6 Å². The number of hydrogen-bond acceptors (Lipinski definition) is 5. The second-order valence-electron chi connectivity index (χ2n) is 7.24. The molecule has 4 rings (SSSR count). The van der Waals surface area contributed by atoms with Gasteiger partial charge in [0.25, 0.3) is 5.91 Å². The summed E-state index contributed by atoms with van der Waals surface area (Å²) in [4.78, 5) is 16.7. The van der Waals surface area contributed by atoms with Crippen LogP contribution in [0.2, 0.25) is 0 Å². The number of nitrogens with one attached hydrogen (secondary N) is 3.